The maximum absolute atomic E-state index is 12.8. The van der Waals surface area contributed by atoms with Crippen molar-refractivity contribution in [3.63, 3.8) is 0 Å². The molecule has 2 fully saturated rings. The lowest BCUT2D eigenvalue weighted by Gasteiger charge is -2.37. The van der Waals surface area contributed by atoms with Crippen molar-refractivity contribution in [2.24, 2.45) is 5.92 Å². The number of hydrogen-bond acceptors (Lipinski definition) is 5. The molecule has 1 aromatic carbocycles. The minimum atomic E-state index is -0.268. The number of ketones is 1. The Kier molecular flexibility index (Phi) is 4.88. The molecule has 6 heteroatoms. The molecule has 3 heterocycles. The van der Waals surface area contributed by atoms with Crippen LogP contribution in [0.4, 0.5) is 4.79 Å². The lowest BCUT2D eigenvalue weighted by atomic mass is 9.85. The molecular weight excluding hydrogens is 342 g/mol. The van der Waals surface area contributed by atoms with E-state index < -0.39 is 0 Å². The molecule has 0 N–H and O–H groups in total. The molecule has 140 valence electrons. The normalized spacial score (nSPS) is 23.9. The largest absolute Gasteiger partial charge is 0.445 e. The van der Waals surface area contributed by atoms with Crippen molar-refractivity contribution in [3.8, 4) is 0 Å². The van der Waals surface area contributed by atoms with Gasteiger partial charge in [0.05, 0.1) is 5.56 Å². The third kappa shape index (κ3) is 3.70. The third-order valence-corrected chi connectivity index (χ3v) is 5.59. The lowest BCUT2D eigenvalue weighted by Crippen LogP contribution is -2.48. The highest BCUT2D eigenvalue weighted by Crippen LogP contribution is 2.40. The summed E-state index contributed by atoms with van der Waals surface area (Å²) in [6.45, 7) is 2.08. The summed E-state index contributed by atoms with van der Waals surface area (Å²) in [4.78, 5) is 35.5. The van der Waals surface area contributed by atoms with Crippen LogP contribution in [-0.4, -0.2) is 38.8 Å². The Hall–Kier alpha value is -2.76. The summed E-state index contributed by atoms with van der Waals surface area (Å²) >= 11 is 0. The number of benzene rings is 1. The summed E-state index contributed by atoms with van der Waals surface area (Å²) in [6, 6.07) is 9.83. The van der Waals surface area contributed by atoms with Crippen molar-refractivity contribution in [2.75, 3.05) is 0 Å². The van der Waals surface area contributed by atoms with Gasteiger partial charge in [0.15, 0.2) is 5.78 Å². The van der Waals surface area contributed by atoms with E-state index in [4.69, 9.17) is 4.74 Å². The number of aryl methyl sites for hydroxylation is 1. The van der Waals surface area contributed by atoms with Gasteiger partial charge in [-0.3, -0.25) is 4.79 Å². The number of Topliss-reactive ketones (excluding diaryl/α,β-unsaturated/α-hetero) is 1. The zero-order chi connectivity index (χ0) is 18.8. The van der Waals surface area contributed by atoms with Gasteiger partial charge in [-0.2, -0.15) is 0 Å². The molecule has 0 radical (unpaired) electrons. The zero-order valence-electron chi connectivity index (χ0n) is 15.4. The van der Waals surface area contributed by atoms with Crippen molar-refractivity contribution in [2.45, 2.75) is 51.3 Å². The summed E-state index contributed by atoms with van der Waals surface area (Å²) in [5.74, 6) is 0.666. The van der Waals surface area contributed by atoms with Crippen molar-refractivity contribution < 1.29 is 14.3 Å². The molecule has 2 aromatic rings. The molecule has 2 aliphatic heterocycles. The van der Waals surface area contributed by atoms with Crippen LogP contribution in [0.25, 0.3) is 0 Å². The standard InChI is InChI=1S/C21H23N3O3/c1-14-22-11-17(12-23-14)20(25)16-9-18-7-8-19(10-16)24(18)21(26)27-13-15-5-3-2-4-6-15/h2-6,11-12,16,18-19H,7-10,13H2,1H3. The Balaban J connectivity index is 1.39. The third-order valence-electron chi connectivity index (χ3n) is 5.59. The summed E-state index contributed by atoms with van der Waals surface area (Å²) < 4.78 is 5.52. The zero-order valence-corrected chi connectivity index (χ0v) is 15.4. The van der Waals surface area contributed by atoms with Crippen LogP contribution in [-0.2, 0) is 11.3 Å². The van der Waals surface area contributed by atoms with E-state index in [0.29, 0.717) is 24.2 Å². The SMILES string of the molecule is Cc1ncc(C(=O)C2CC3CCC(C2)N3C(=O)OCc2ccccc2)cn1. The Morgan fingerprint density at radius 2 is 1.70 bits per heavy atom. The number of carbonyl (C=O) groups is 2. The quantitative estimate of drug-likeness (QED) is 0.775. The number of rotatable bonds is 4. The molecule has 2 unspecified atom stereocenters. The predicted molar refractivity (Wildman–Crippen MR) is 99.1 cm³/mol. The van der Waals surface area contributed by atoms with Crippen molar-refractivity contribution in [1.82, 2.24) is 14.9 Å². The second-order valence-corrected chi connectivity index (χ2v) is 7.38. The van der Waals surface area contributed by atoms with Gasteiger partial charge >= 0.3 is 6.09 Å². The Morgan fingerprint density at radius 3 is 2.33 bits per heavy atom. The van der Waals surface area contributed by atoms with E-state index in [1.807, 2.05) is 35.2 Å². The molecule has 0 aliphatic carbocycles. The fourth-order valence-corrected chi connectivity index (χ4v) is 4.24. The molecule has 6 nitrogen and oxygen atoms in total. The van der Waals surface area contributed by atoms with E-state index in [1.165, 1.54) is 0 Å². The van der Waals surface area contributed by atoms with E-state index in [2.05, 4.69) is 9.97 Å². The number of piperidine rings is 1. The Labute approximate surface area is 158 Å². The van der Waals surface area contributed by atoms with Gasteiger partial charge in [-0.15, -0.1) is 0 Å². The van der Waals surface area contributed by atoms with Gasteiger partial charge in [-0.05, 0) is 38.2 Å². The van der Waals surface area contributed by atoms with Crippen LogP contribution in [0.1, 0.15) is 47.4 Å². The lowest BCUT2D eigenvalue weighted by molar-refractivity contribution is 0.0485. The average molecular weight is 365 g/mol. The molecule has 1 aromatic heterocycles. The first-order chi connectivity index (χ1) is 13.1. The highest BCUT2D eigenvalue weighted by Gasteiger charge is 2.46. The van der Waals surface area contributed by atoms with E-state index in [-0.39, 0.29) is 36.5 Å². The second kappa shape index (κ2) is 7.47. The monoisotopic (exact) mass is 365 g/mol. The van der Waals surface area contributed by atoms with Gasteiger partial charge in [0, 0.05) is 30.4 Å². The van der Waals surface area contributed by atoms with Crippen molar-refractivity contribution in [1.29, 1.82) is 0 Å². The van der Waals surface area contributed by atoms with Gasteiger partial charge in [0.1, 0.15) is 12.4 Å². The molecule has 2 saturated heterocycles. The molecule has 0 saturated carbocycles. The molecule has 2 aliphatic rings. The molecular formula is C21H23N3O3. The van der Waals surface area contributed by atoms with Crippen molar-refractivity contribution in [3.05, 3.63) is 59.7 Å². The van der Waals surface area contributed by atoms with Gasteiger partial charge in [0.2, 0.25) is 0 Å². The first kappa shape index (κ1) is 17.6. The minimum Gasteiger partial charge on any atom is -0.445 e. The number of ether oxygens (including phenoxy) is 1. The van der Waals surface area contributed by atoms with Crippen LogP contribution in [0.15, 0.2) is 42.7 Å². The van der Waals surface area contributed by atoms with Crippen molar-refractivity contribution >= 4 is 11.9 Å². The molecule has 2 atom stereocenters. The summed E-state index contributed by atoms with van der Waals surface area (Å²) in [6.07, 6.45) is 6.17. The number of nitrogens with zero attached hydrogens (tertiary/aromatic N) is 3. The molecule has 2 bridgehead atoms. The van der Waals surface area contributed by atoms with Gasteiger partial charge in [-0.25, -0.2) is 14.8 Å². The van der Waals surface area contributed by atoms with E-state index in [1.54, 1.807) is 19.3 Å². The van der Waals surface area contributed by atoms with E-state index in [9.17, 15) is 9.59 Å². The number of hydrogen-bond donors (Lipinski definition) is 0. The molecule has 1 amide bonds. The fraction of sp³-hybridized carbons (Fsp3) is 0.429. The number of carbonyl (C=O) groups excluding carboxylic acids is 2. The fourth-order valence-electron chi connectivity index (χ4n) is 4.24. The topological polar surface area (TPSA) is 72.4 Å². The summed E-state index contributed by atoms with van der Waals surface area (Å²) in [5, 5.41) is 0. The molecule has 0 spiro atoms. The predicted octanol–water partition coefficient (Wildman–Crippen LogP) is 3.55. The summed E-state index contributed by atoms with van der Waals surface area (Å²) in [7, 11) is 0. The van der Waals surface area contributed by atoms with Crippen LogP contribution < -0.4 is 0 Å². The first-order valence-electron chi connectivity index (χ1n) is 9.43. The first-order valence-corrected chi connectivity index (χ1v) is 9.43. The minimum absolute atomic E-state index is 0.0762. The van der Waals surface area contributed by atoms with Gasteiger partial charge in [0.25, 0.3) is 0 Å². The highest BCUT2D eigenvalue weighted by molar-refractivity contribution is 5.97. The highest BCUT2D eigenvalue weighted by atomic mass is 16.6. The van der Waals surface area contributed by atoms with E-state index in [0.717, 1.165) is 18.4 Å². The number of aromatic nitrogens is 2. The smallest absolute Gasteiger partial charge is 0.410 e. The van der Waals surface area contributed by atoms with Crippen LogP contribution >= 0.6 is 0 Å². The van der Waals surface area contributed by atoms with Crippen LogP contribution in [0.2, 0.25) is 0 Å². The maximum Gasteiger partial charge on any atom is 0.410 e. The Morgan fingerprint density at radius 1 is 1.07 bits per heavy atom. The van der Waals surface area contributed by atoms with Crippen LogP contribution in [0, 0.1) is 12.8 Å². The van der Waals surface area contributed by atoms with Gasteiger partial charge < -0.3 is 9.64 Å². The molecule has 27 heavy (non-hydrogen) atoms. The summed E-state index contributed by atoms with van der Waals surface area (Å²) in [5.41, 5.74) is 1.53. The van der Waals surface area contributed by atoms with Crippen LogP contribution in [0.3, 0.4) is 0 Å². The number of fused-ring (bicyclic) bond motifs is 2. The van der Waals surface area contributed by atoms with E-state index >= 15 is 0 Å². The van der Waals surface area contributed by atoms with Gasteiger partial charge in [-0.1, -0.05) is 30.3 Å². The maximum atomic E-state index is 12.8. The second-order valence-electron chi connectivity index (χ2n) is 7.38. The number of amides is 1. The van der Waals surface area contributed by atoms with Crippen LogP contribution in [0.5, 0.6) is 0 Å². The Bertz CT molecular complexity index is 808. The molecule has 4 rings (SSSR count). The average Bonchev–Trinajstić information content (AvgIpc) is 2.96.